The minimum atomic E-state index is -2.22. The van der Waals surface area contributed by atoms with Gasteiger partial charge in [0.25, 0.3) is 9.70 Å². The Labute approximate surface area is 315 Å². The Kier molecular flexibility index (Phi) is 14.2. The van der Waals surface area contributed by atoms with Crippen LogP contribution in [0.1, 0.15) is 44.4 Å². The summed E-state index contributed by atoms with van der Waals surface area (Å²) in [7, 11) is 0. The van der Waals surface area contributed by atoms with Gasteiger partial charge in [0.2, 0.25) is 0 Å². The van der Waals surface area contributed by atoms with Crippen LogP contribution in [0.5, 0.6) is 0 Å². The van der Waals surface area contributed by atoms with Crippen molar-refractivity contribution in [3.05, 3.63) is 108 Å². The number of amides is 1. The van der Waals surface area contributed by atoms with Crippen LogP contribution < -0.4 is 5.32 Å². The molecule has 12 heteroatoms. The largest absolute Gasteiger partial charge is 0.459 e. The average molecular weight is 763 g/mol. The average Bonchev–Trinajstić information content (AvgIpc) is 3.12. The first-order chi connectivity index (χ1) is 24.4. The van der Waals surface area contributed by atoms with Crippen molar-refractivity contribution >= 4 is 46.7 Å². The van der Waals surface area contributed by atoms with E-state index in [1.54, 1.807) is 0 Å². The summed E-state index contributed by atoms with van der Waals surface area (Å²) in [5.41, 5.74) is 2.85. The number of ether oxygens (including phenoxy) is 6. The van der Waals surface area contributed by atoms with Crippen LogP contribution >= 0.6 is 34.8 Å². The number of carbonyl (C=O) groups is 2. The summed E-state index contributed by atoms with van der Waals surface area (Å²) < 4.78 is 35.9. The number of rotatable bonds is 13. The highest BCUT2D eigenvalue weighted by molar-refractivity contribution is 6.76. The van der Waals surface area contributed by atoms with Crippen molar-refractivity contribution in [1.82, 2.24) is 5.32 Å². The SMILES string of the molecule is C[C@@H]1OC(COCc2ccccc2)[C@H](C)[C@H](O[C@@H]2OC(C(=O)OCc3ccccc3)[C@H](C)[C@H](C)C2OCc2ccccc2)C1NC(=O)C(Cl)(Cl)Cl. The van der Waals surface area contributed by atoms with Gasteiger partial charge in [-0.25, -0.2) is 4.79 Å². The van der Waals surface area contributed by atoms with E-state index < -0.39 is 58.5 Å². The van der Waals surface area contributed by atoms with Gasteiger partial charge in [-0.15, -0.1) is 0 Å². The van der Waals surface area contributed by atoms with E-state index in [9.17, 15) is 9.59 Å². The number of carbonyl (C=O) groups excluding carboxylic acids is 2. The Morgan fingerprint density at radius 3 is 1.82 bits per heavy atom. The summed E-state index contributed by atoms with van der Waals surface area (Å²) in [6.45, 7) is 8.75. The van der Waals surface area contributed by atoms with Gasteiger partial charge in [-0.3, -0.25) is 4.79 Å². The zero-order valence-electron chi connectivity index (χ0n) is 29.2. The van der Waals surface area contributed by atoms with Crippen molar-refractivity contribution in [3.8, 4) is 0 Å². The molecule has 0 bridgehead atoms. The lowest BCUT2D eigenvalue weighted by atomic mass is 9.82. The highest BCUT2D eigenvalue weighted by Crippen LogP contribution is 2.38. The molecule has 2 aliphatic heterocycles. The van der Waals surface area contributed by atoms with E-state index in [4.69, 9.17) is 63.2 Å². The molecule has 0 aromatic heterocycles. The Balaban J connectivity index is 1.40. The summed E-state index contributed by atoms with van der Waals surface area (Å²) in [5.74, 6) is -2.16. The van der Waals surface area contributed by atoms with Gasteiger partial charge in [-0.1, -0.05) is 147 Å². The van der Waals surface area contributed by atoms with Crippen LogP contribution in [0.15, 0.2) is 91.0 Å². The molecule has 5 rings (SSSR count). The molecule has 51 heavy (non-hydrogen) atoms. The van der Waals surface area contributed by atoms with Crippen molar-refractivity contribution < 1.29 is 38.0 Å². The van der Waals surface area contributed by atoms with Crippen LogP contribution in [0.2, 0.25) is 0 Å². The lowest BCUT2D eigenvalue weighted by Crippen LogP contribution is -2.64. The number of alkyl halides is 3. The maximum atomic E-state index is 13.6. The number of hydrogen-bond donors (Lipinski definition) is 1. The third-order valence-electron chi connectivity index (χ3n) is 9.71. The molecule has 1 N–H and O–H groups in total. The van der Waals surface area contributed by atoms with E-state index in [1.165, 1.54) is 0 Å². The quantitative estimate of drug-likeness (QED) is 0.144. The van der Waals surface area contributed by atoms with Crippen LogP contribution in [0.25, 0.3) is 0 Å². The number of hydrogen-bond acceptors (Lipinski definition) is 8. The smallest absolute Gasteiger partial charge is 0.336 e. The van der Waals surface area contributed by atoms with Gasteiger partial charge in [0, 0.05) is 5.92 Å². The van der Waals surface area contributed by atoms with Crippen LogP contribution in [0.3, 0.4) is 0 Å². The summed E-state index contributed by atoms with van der Waals surface area (Å²) in [6.07, 6.45) is -4.32. The van der Waals surface area contributed by atoms with Gasteiger partial charge in [0.15, 0.2) is 12.4 Å². The second kappa shape index (κ2) is 18.3. The van der Waals surface area contributed by atoms with Crippen LogP contribution in [0, 0.1) is 17.8 Å². The summed E-state index contributed by atoms with van der Waals surface area (Å²) in [6, 6.07) is 28.3. The molecule has 2 fully saturated rings. The lowest BCUT2D eigenvalue weighted by molar-refractivity contribution is -0.313. The molecule has 0 saturated carbocycles. The van der Waals surface area contributed by atoms with E-state index in [0.29, 0.717) is 6.61 Å². The molecular formula is C39H46Cl3NO8. The topological polar surface area (TPSA) is 102 Å². The number of esters is 1. The molecule has 9 nitrogen and oxygen atoms in total. The molecule has 2 saturated heterocycles. The molecule has 3 aromatic carbocycles. The van der Waals surface area contributed by atoms with Crippen molar-refractivity contribution in [1.29, 1.82) is 0 Å². The van der Waals surface area contributed by atoms with Gasteiger partial charge in [0.1, 0.15) is 12.7 Å². The monoisotopic (exact) mass is 761 g/mol. The predicted molar refractivity (Wildman–Crippen MR) is 195 cm³/mol. The fourth-order valence-electron chi connectivity index (χ4n) is 6.50. The molecular weight excluding hydrogens is 717 g/mol. The normalized spacial score (nSPS) is 29.6. The Morgan fingerprint density at radius 2 is 1.25 bits per heavy atom. The first kappa shape index (κ1) is 39.5. The highest BCUT2D eigenvalue weighted by Gasteiger charge is 2.51. The number of halogens is 3. The number of benzene rings is 3. The van der Waals surface area contributed by atoms with Crippen molar-refractivity contribution in [3.63, 3.8) is 0 Å². The fraction of sp³-hybridized carbons (Fsp3) is 0.487. The first-order valence-electron chi connectivity index (χ1n) is 17.2. The van der Waals surface area contributed by atoms with Crippen LogP contribution in [-0.2, 0) is 57.8 Å². The molecule has 1 amide bonds. The molecule has 10 atom stereocenters. The van der Waals surface area contributed by atoms with Gasteiger partial charge in [0.05, 0.1) is 44.2 Å². The molecule has 4 unspecified atom stereocenters. The molecule has 2 aliphatic rings. The van der Waals surface area contributed by atoms with Gasteiger partial charge >= 0.3 is 5.97 Å². The molecule has 0 aliphatic carbocycles. The number of nitrogens with one attached hydrogen (secondary N) is 1. The molecule has 0 spiro atoms. The van der Waals surface area contributed by atoms with Crippen LogP contribution in [-0.4, -0.2) is 65.1 Å². The molecule has 0 radical (unpaired) electrons. The second-order valence-corrected chi connectivity index (χ2v) is 15.6. The van der Waals surface area contributed by atoms with Crippen molar-refractivity contribution in [2.24, 2.45) is 17.8 Å². The maximum absolute atomic E-state index is 13.6. The third-order valence-corrected chi connectivity index (χ3v) is 10.2. The van der Waals surface area contributed by atoms with E-state index in [1.807, 2.05) is 119 Å². The maximum Gasteiger partial charge on any atom is 0.336 e. The second-order valence-electron chi connectivity index (χ2n) is 13.3. The third kappa shape index (κ3) is 10.7. The minimum Gasteiger partial charge on any atom is -0.459 e. The van der Waals surface area contributed by atoms with Crippen LogP contribution in [0.4, 0.5) is 0 Å². The Morgan fingerprint density at radius 1 is 0.706 bits per heavy atom. The zero-order chi connectivity index (χ0) is 36.5. The van der Waals surface area contributed by atoms with Crippen molar-refractivity contribution in [2.45, 2.75) is 94.2 Å². The van der Waals surface area contributed by atoms with E-state index in [0.717, 1.165) is 16.7 Å². The summed E-state index contributed by atoms with van der Waals surface area (Å²) in [4.78, 5) is 26.6. The highest BCUT2D eigenvalue weighted by atomic mass is 35.6. The van der Waals surface area contributed by atoms with E-state index in [-0.39, 0.29) is 37.6 Å². The van der Waals surface area contributed by atoms with Gasteiger partial charge in [-0.05, 0) is 35.4 Å². The van der Waals surface area contributed by atoms with Gasteiger partial charge in [-0.2, -0.15) is 0 Å². The predicted octanol–water partition coefficient (Wildman–Crippen LogP) is 7.19. The lowest BCUT2D eigenvalue weighted by Gasteiger charge is -2.49. The van der Waals surface area contributed by atoms with Crippen molar-refractivity contribution in [2.75, 3.05) is 6.61 Å². The Hall–Kier alpha value is -2.73. The zero-order valence-corrected chi connectivity index (χ0v) is 31.4. The summed E-state index contributed by atoms with van der Waals surface area (Å²) >= 11 is 18.0. The van der Waals surface area contributed by atoms with E-state index >= 15 is 0 Å². The standard InChI is InChI=1S/C39H46Cl3NO8/c1-24-25(2)35(47-21-29-16-10-6-11-17-29)37(51-34(24)36(44)48-22-30-18-12-7-13-19-30)50-33-26(3)31(23-46-20-28-14-8-5-9-15-28)49-27(4)32(33)43-38(45)39(40,41)42/h5-19,24-27,31-35,37H,20-23H2,1-4H3,(H,43,45)/t24-,25+,26+,27+,31?,32?,33+,34?,35?,37-/m1/s1. The molecule has 2 heterocycles. The van der Waals surface area contributed by atoms with E-state index in [2.05, 4.69) is 5.32 Å². The minimum absolute atomic E-state index is 0.102. The molecule has 276 valence electrons. The first-order valence-corrected chi connectivity index (χ1v) is 18.4. The van der Waals surface area contributed by atoms with Gasteiger partial charge < -0.3 is 33.7 Å². The Bertz CT molecular complexity index is 1530. The summed E-state index contributed by atoms with van der Waals surface area (Å²) in [5, 5.41) is 2.83. The fourth-order valence-corrected chi connectivity index (χ4v) is 6.66. The molecule has 3 aromatic rings.